The summed E-state index contributed by atoms with van der Waals surface area (Å²) in [6.45, 7) is 6.81. The van der Waals surface area contributed by atoms with Crippen LogP contribution in [0.1, 0.15) is 42.5 Å². The Morgan fingerprint density at radius 3 is 2.52 bits per heavy atom. The molecule has 0 unspecified atom stereocenters. The Kier molecular flexibility index (Phi) is 6.69. The number of carbonyl (C=O) groups excluding carboxylic acids is 2. The van der Waals surface area contributed by atoms with Crippen molar-refractivity contribution in [2.24, 2.45) is 0 Å². The summed E-state index contributed by atoms with van der Waals surface area (Å²) in [5, 5.41) is 6.10. The number of aromatic nitrogens is 2. The van der Waals surface area contributed by atoms with Gasteiger partial charge in [0, 0.05) is 37.2 Å². The van der Waals surface area contributed by atoms with Gasteiger partial charge >= 0.3 is 0 Å². The normalized spacial score (nSPS) is 10.8. The average Bonchev–Trinajstić information content (AvgIpc) is 2.85. The van der Waals surface area contributed by atoms with E-state index >= 15 is 0 Å². The molecular formula is C17H24N4O3S. The van der Waals surface area contributed by atoms with Gasteiger partial charge in [-0.25, -0.2) is 4.98 Å². The highest BCUT2D eigenvalue weighted by atomic mass is 32.1. The Morgan fingerprint density at radius 1 is 1.12 bits per heavy atom. The number of nitrogens with zero attached hydrogens (tertiary/aromatic N) is 1. The quantitative estimate of drug-likeness (QED) is 0.661. The van der Waals surface area contributed by atoms with Crippen molar-refractivity contribution in [3.05, 3.63) is 26.6 Å². The fraction of sp³-hybridized carbons (Fsp3) is 0.529. The van der Waals surface area contributed by atoms with Crippen molar-refractivity contribution in [2.75, 3.05) is 13.1 Å². The number of aryl methyl sites for hydroxylation is 3. The second-order valence-electron chi connectivity index (χ2n) is 5.93. The maximum atomic E-state index is 12.2. The van der Waals surface area contributed by atoms with Crippen LogP contribution in [0.25, 0.3) is 10.2 Å². The van der Waals surface area contributed by atoms with Gasteiger partial charge in [-0.05, 0) is 25.8 Å². The lowest BCUT2D eigenvalue weighted by Crippen LogP contribution is -2.31. The molecule has 0 aliphatic carbocycles. The predicted octanol–water partition coefficient (Wildman–Crippen LogP) is 1.57. The van der Waals surface area contributed by atoms with E-state index in [2.05, 4.69) is 20.6 Å². The van der Waals surface area contributed by atoms with Crippen molar-refractivity contribution in [2.45, 2.75) is 46.5 Å². The summed E-state index contributed by atoms with van der Waals surface area (Å²) in [6.07, 6.45) is 1.72. The molecule has 0 saturated heterocycles. The molecule has 2 rings (SSSR count). The lowest BCUT2D eigenvalue weighted by Gasteiger charge is -2.06. The van der Waals surface area contributed by atoms with Gasteiger partial charge in [-0.15, -0.1) is 11.3 Å². The molecule has 0 atom stereocenters. The number of thiophene rings is 1. The Morgan fingerprint density at radius 2 is 1.80 bits per heavy atom. The van der Waals surface area contributed by atoms with Gasteiger partial charge in [0.25, 0.3) is 5.56 Å². The molecule has 3 N–H and O–H groups in total. The number of carbonyl (C=O) groups is 2. The molecule has 136 valence electrons. The lowest BCUT2D eigenvalue weighted by molar-refractivity contribution is -0.122. The first-order valence-electron chi connectivity index (χ1n) is 8.44. The summed E-state index contributed by atoms with van der Waals surface area (Å²) in [6, 6.07) is 0. The minimum Gasteiger partial charge on any atom is -0.356 e. The number of aromatic amines is 1. The summed E-state index contributed by atoms with van der Waals surface area (Å²) in [7, 11) is 0. The predicted molar refractivity (Wildman–Crippen MR) is 99.0 cm³/mol. The van der Waals surface area contributed by atoms with E-state index in [4.69, 9.17) is 0 Å². The van der Waals surface area contributed by atoms with E-state index in [-0.39, 0.29) is 30.2 Å². The summed E-state index contributed by atoms with van der Waals surface area (Å²) in [5.74, 6) is 0.279. The average molecular weight is 364 g/mol. The van der Waals surface area contributed by atoms with Crippen LogP contribution in [0.4, 0.5) is 0 Å². The molecule has 0 aromatic carbocycles. The first kappa shape index (κ1) is 19.1. The molecule has 0 fully saturated rings. The Bertz CT molecular complexity index is 825. The van der Waals surface area contributed by atoms with Crippen LogP contribution in [0.2, 0.25) is 0 Å². The van der Waals surface area contributed by atoms with Crippen molar-refractivity contribution >= 4 is 33.4 Å². The minimum absolute atomic E-state index is 0.0676. The smallest absolute Gasteiger partial charge is 0.259 e. The molecule has 0 aliphatic heterocycles. The van der Waals surface area contributed by atoms with E-state index in [9.17, 15) is 14.4 Å². The first-order valence-corrected chi connectivity index (χ1v) is 9.26. The molecule has 2 heterocycles. The molecule has 0 bridgehead atoms. The summed E-state index contributed by atoms with van der Waals surface area (Å²) >= 11 is 1.49. The standard InChI is InChI=1S/C17H24N4O3S/c1-4-8-18-14(23)7-9-19-13(22)6-5-12-20-16(24)15-10(2)11(3)25-17(15)21-12/h4-9H2,1-3H3,(H,18,23)(H,19,22)(H,20,21,24). The number of rotatable bonds is 8. The molecule has 0 aliphatic rings. The zero-order valence-corrected chi connectivity index (χ0v) is 15.6. The van der Waals surface area contributed by atoms with Crippen LogP contribution in [0, 0.1) is 13.8 Å². The SMILES string of the molecule is CCCNC(=O)CCNC(=O)CCc1nc2sc(C)c(C)c2c(=O)[nH]1. The zero-order chi connectivity index (χ0) is 18.4. The van der Waals surface area contributed by atoms with Crippen LogP contribution in [-0.4, -0.2) is 34.9 Å². The van der Waals surface area contributed by atoms with Gasteiger partial charge in [-0.1, -0.05) is 6.92 Å². The van der Waals surface area contributed by atoms with Gasteiger partial charge in [-0.3, -0.25) is 14.4 Å². The van der Waals surface area contributed by atoms with Crippen molar-refractivity contribution in [3.63, 3.8) is 0 Å². The van der Waals surface area contributed by atoms with E-state index in [0.717, 1.165) is 16.9 Å². The lowest BCUT2D eigenvalue weighted by atomic mass is 10.2. The van der Waals surface area contributed by atoms with Crippen molar-refractivity contribution < 1.29 is 9.59 Å². The number of hydrogen-bond donors (Lipinski definition) is 3. The van der Waals surface area contributed by atoms with Gasteiger partial charge in [-0.2, -0.15) is 0 Å². The van der Waals surface area contributed by atoms with Crippen LogP contribution in [-0.2, 0) is 16.0 Å². The highest BCUT2D eigenvalue weighted by Crippen LogP contribution is 2.25. The second-order valence-corrected chi connectivity index (χ2v) is 7.13. The van der Waals surface area contributed by atoms with Gasteiger partial charge in [0.15, 0.2) is 0 Å². The number of hydrogen-bond acceptors (Lipinski definition) is 5. The molecule has 2 aromatic rings. The van der Waals surface area contributed by atoms with Gasteiger partial charge < -0.3 is 15.6 Å². The molecule has 0 spiro atoms. The first-order chi connectivity index (χ1) is 11.9. The largest absolute Gasteiger partial charge is 0.356 e. The van der Waals surface area contributed by atoms with E-state index in [1.807, 2.05) is 20.8 Å². The van der Waals surface area contributed by atoms with E-state index in [1.54, 1.807) is 0 Å². The number of amides is 2. The van der Waals surface area contributed by atoms with E-state index in [0.29, 0.717) is 35.6 Å². The third-order valence-electron chi connectivity index (χ3n) is 3.92. The molecule has 8 heteroatoms. The van der Waals surface area contributed by atoms with Crippen LogP contribution in [0.15, 0.2) is 4.79 Å². The van der Waals surface area contributed by atoms with E-state index < -0.39 is 0 Å². The molecular weight excluding hydrogens is 340 g/mol. The van der Waals surface area contributed by atoms with Gasteiger partial charge in [0.2, 0.25) is 11.8 Å². The molecule has 0 radical (unpaired) electrons. The van der Waals surface area contributed by atoms with Crippen LogP contribution in [0.3, 0.4) is 0 Å². The molecule has 7 nitrogen and oxygen atoms in total. The maximum absolute atomic E-state index is 12.2. The van der Waals surface area contributed by atoms with Gasteiger partial charge in [0.05, 0.1) is 5.39 Å². The number of H-pyrrole nitrogens is 1. The number of nitrogens with one attached hydrogen (secondary N) is 3. The maximum Gasteiger partial charge on any atom is 0.259 e. The fourth-order valence-electron chi connectivity index (χ4n) is 2.41. The summed E-state index contributed by atoms with van der Waals surface area (Å²) in [5.41, 5.74) is 0.800. The Labute approximate surface area is 150 Å². The van der Waals surface area contributed by atoms with Crippen molar-refractivity contribution in [1.29, 1.82) is 0 Å². The van der Waals surface area contributed by atoms with Crippen LogP contribution >= 0.6 is 11.3 Å². The number of fused-ring (bicyclic) bond motifs is 1. The zero-order valence-electron chi connectivity index (χ0n) is 14.8. The topological polar surface area (TPSA) is 104 Å². The summed E-state index contributed by atoms with van der Waals surface area (Å²) < 4.78 is 0. The van der Waals surface area contributed by atoms with Crippen molar-refractivity contribution in [1.82, 2.24) is 20.6 Å². The monoisotopic (exact) mass is 364 g/mol. The molecule has 2 amide bonds. The molecule has 0 saturated carbocycles. The summed E-state index contributed by atoms with van der Waals surface area (Å²) in [4.78, 5) is 44.5. The highest BCUT2D eigenvalue weighted by molar-refractivity contribution is 7.18. The highest BCUT2D eigenvalue weighted by Gasteiger charge is 2.12. The molecule has 2 aromatic heterocycles. The molecule has 25 heavy (non-hydrogen) atoms. The van der Waals surface area contributed by atoms with Gasteiger partial charge in [0.1, 0.15) is 10.7 Å². The Balaban J connectivity index is 1.85. The third-order valence-corrected chi connectivity index (χ3v) is 5.02. The third kappa shape index (κ3) is 5.12. The van der Waals surface area contributed by atoms with Crippen LogP contribution in [0.5, 0.6) is 0 Å². The minimum atomic E-state index is -0.162. The fourth-order valence-corrected chi connectivity index (χ4v) is 3.46. The van der Waals surface area contributed by atoms with Crippen molar-refractivity contribution in [3.8, 4) is 0 Å². The van der Waals surface area contributed by atoms with Crippen LogP contribution < -0.4 is 16.2 Å². The Hall–Kier alpha value is -2.22. The second kappa shape index (κ2) is 8.75. The van der Waals surface area contributed by atoms with E-state index in [1.165, 1.54) is 11.3 Å².